The number of hydrogen-bond donors (Lipinski definition) is 3. The Morgan fingerprint density at radius 2 is 1.45 bits per heavy atom. The number of amides is 2. The van der Waals surface area contributed by atoms with E-state index in [0.29, 0.717) is 24.3 Å². The maximum atomic E-state index is 14.0. The minimum absolute atomic E-state index is 0.134. The number of para-hydroxylation sites is 1. The summed E-state index contributed by atoms with van der Waals surface area (Å²) in [6.07, 6.45) is -10.1. The molecule has 2 aromatic rings. The van der Waals surface area contributed by atoms with Gasteiger partial charge in [0.05, 0.1) is 12.2 Å². The number of esters is 1. The zero-order valence-electron chi connectivity index (χ0n) is 15.9. The van der Waals surface area contributed by atoms with E-state index in [2.05, 4.69) is 10.1 Å². The van der Waals surface area contributed by atoms with E-state index in [4.69, 9.17) is 0 Å². The third-order valence-corrected chi connectivity index (χ3v) is 3.88. The van der Waals surface area contributed by atoms with Crippen LogP contribution in [0.5, 0.6) is 0 Å². The number of nitrogens with one attached hydrogen (secondary N) is 3. The summed E-state index contributed by atoms with van der Waals surface area (Å²) in [5.74, 6) is -1.90. The van der Waals surface area contributed by atoms with Gasteiger partial charge in [-0.3, -0.25) is 5.32 Å². The molecule has 0 radical (unpaired) electrons. The van der Waals surface area contributed by atoms with E-state index in [1.807, 2.05) is 0 Å². The number of rotatable bonds is 6. The average Bonchev–Trinajstić information content (AvgIpc) is 2.67. The molecule has 0 saturated heterocycles. The van der Waals surface area contributed by atoms with Crippen molar-refractivity contribution in [1.82, 2.24) is 5.32 Å². The van der Waals surface area contributed by atoms with Crippen LogP contribution >= 0.6 is 0 Å². The van der Waals surface area contributed by atoms with E-state index in [-0.39, 0.29) is 5.69 Å². The molecule has 1 unspecified atom stereocenters. The normalized spacial score (nSPS) is 13.6. The predicted molar refractivity (Wildman–Crippen MR) is 99.1 cm³/mol. The van der Waals surface area contributed by atoms with Gasteiger partial charge in [0, 0.05) is 11.4 Å². The standard InChI is InChI=1S/C19H17F6N3O3/c1-2-31-15(29)17(19(23,24)25,28-16(30)26-13-6-4-3-5-7-13)27-14-10-8-12(9-11-14)18(20,21)22/h3-11,27H,2H2,1H3,(H2,26,28,30). The summed E-state index contributed by atoms with van der Waals surface area (Å²) in [7, 11) is 0. The summed E-state index contributed by atoms with van der Waals surface area (Å²) in [6.45, 7) is 0.800. The van der Waals surface area contributed by atoms with Gasteiger partial charge >= 0.3 is 30.0 Å². The molecule has 0 saturated carbocycles. The largest absolute Gasteiger partial charge is 0.463 e. The molecule has 6 nitrogen and oxygen atoms in total. The summed E-state index contributed by atoms with van der Waals surface area (Å²) in [4.78, 5) is 24.5. The zero-order valence-corrected chi connectivity index (χ0v) is 15.9. The maximum Gasteiger partial charge on any atom is 0.441 e. The maximum absolute atomic E-state index is 14.0. The molecule has 2 aromatic carbocycles. The number of anilines is 2. The Kier molecular flexibility index (Phi) is 7.03. The molecule has 0 heterocycles. The minimum atomic E-state index is -5.43. The van der Waals surface area contributed by atoms with E-state index in [0.717, 1.165) is 0 Å². The lowest BCUT2D eigenvalue weighted by atomic mass is 10.1. The van der Waals surface area contributed by atoms with Gasteiger partial charge in [-0.05, 0) is 43.3 Å². The Bertz CT molecular complexity index is 901. The Balaban J connectivity index is 2.40. The lowest BCUT2D eigenvalue weighted by Gasteiger charge is -2.35. The minimum Gasteiger partial charge on any atom is -0.463 e. The molecule has 0 aliphatic rings. The fourth-order valence-corrected chi connectivity index (χ4v) is 2.44. The van der Waals surface area contributed by atoms with Gasteiger partial charge in [-0.15, -0.1) is 0 Å². The first kappa shape index (κ1) is 23.8. The van der Waals surface area contributed by atoms with Crippen LogP contribution in [0.25, 0.3) is 0 Å². The Morgan fingerprint density at radius 3 is 1.94 bits per heavy atom. The first-order chi connectivity index (χ1) is 14.4. The summed E-state index contributed by atoms with van der Waals surface area (Å²) < 4.78 is 84.7. The van der Waals surface area contributed by atoms with Gasteiger partial charge < -0.3 is 15.4 Å². The molecule has 0 aliphatic heterocycles. The molecule has 0 fully saturated rings. The van der Waals surface area contributed by atoms with Gasteiger partial charge in [0.2, 0.25) is 0 Å². The molecule has 2 amide bonds. The molecule has 0 aliphatic carbocycles. The van der Waals surface area contributed by atoms with Crippen molar-refractivity contribution in [1.29, 1.82) is 0 Å². The number of carbonyl (C=O) groups excluding carboxylic acids is 2. The molecule has 0 aromatic heterocycles. The van der Waals surface area contributed by atoms with Crippen molar-refractivity contribution in [2.24, 2.45) is 0 Å². The summed E-state index contributed by atoms with van der Waals surface area (Å²) in [6, 6.07) is 8.45. The SMILES string of the molecule is CCOC(=O)C(NC(=O)Nc1ccccc1)(Nc1ccc(C(F)(F)F)cc1)C(F)(F)F. The van der Waals surface area contributed by atoms with Crippen LogP contribution in [0.3, 0.4) is 0 Å². The molecule has 168 valence electrons. The highest BCUT2D eigenvalue weighted by atomic mass is 19.4. The van der Waals surface area contributed by atoms with E-state index >= 15 is 0 Å². The van der Waals surface area contributed by atoms with Gasteiger partial charge in [0.1, 0.15) is 0 Å². The first-order valence-electron chi connectivity index (χ1n) is 8.72. The molecule has 31 heavy (non-hydrogen) atoms. The van der Waals surface area contributed by atoms with Crippen molar-refractivity contribution < 1.29 is 40.7 Å². The van der Waals surface area contributed by atoms with Crippen molar-refractivity contribution in [3.63, 3.8) is 0 Å². The smallest absolute Gasteiger partial charge is 0.441 e. The van der Waals surface area contributed by atoms with Crippen LogP contribution in [0.1, 0.15) is 12.5 Å². The van der Waals surface area contributed by atoms with Gasteiger partial charge in [-0.2, -0.15) is 26.3 Å². The van der Waals surface area contributed by atoms with Crippen molar-refractivity contribution in [3.05, 3.63) is 60.2 Å². The van der Waals surface area contributed by atoms with Crippen LogP contribution in [0, 0.1) is 0 Å². The molecule has 0 spiro atoms. The third-order valence-electron chi connectivity index (χ3n) is 3.88. The van der Waals surface area contributed by atoms with E-state index < -0.39 is 47.9 Å². The van der Waals surface area contributed by atoms with Crippen molar-refractivity contribution in [2.45, 2.75) is 24.9 Å². The molecular weight excluding hydrogens is 432 g/mol. The lowest BCUT2D eigenvalue weighted by molar-refractivity contribution is -0.204. The van der Waals surface area contributed by atoms with Gasteiger partial charge in [0.25, 0.3) is 0 Å². The average molecular weight is 449 g/mol. The highest BCUT2D eigenvalue weighted by Crippen LogP contribution is 2.35. The summed E-state index contributed by atoms with van der Waals surface area (Å²) in [5, 5.41) is 5.42. The molecule has 12 heteroatoms. The Labute approximate surface area is 172 Å². The van der Waals surface area contributed by atoms with Crippen LogP contribution in [-0.4, -0.2) is 30.4 Å². The van der Waals surface area contributed by atoms with Gasteiger partial charge in [-0.25, -0.2) is 9.59 Å². The molecule has 0 bridgehead atoms. The quantitative estimate of drug-likeness (QED) is 0.338. The van der Waals surface area contributed by atoms with Gasteiger partial charge in [-0.1, -0.05) is 18.2 Å². The highest BCUT2D eigenvalue weighted by Gasteiger charge is 2.63. The number of halogens is 6. The lowest BCUT2D eigenvalue weighted by Crippen LogP contribution is -2.70. The molecular formula is C19H17F6N3O3. The number of ether oxygens (including phenoxy) is 1. The topological polar surface area (TPSA) is 79.5 Å². The van der Waals surface area contributed by atoms with Gasteiger partial charge in [0.15, 0.2) is 0 Å². The second kappa shape index (κ2) is 9.14. The monoisotopic (exact) mass is 449 g/mol. The van der Waals surface area contributed by atoms with Crippen LogP contribution in [0.4, 0.5) is 42.5 Å². The van der Waals surface area contributed by atoms with E-state index in [1.54, 1.807) is 11.4 Å². The number of hydrogen-bond acceptors (Lipinski definition) is 4. The first-order valence-corrected chi connectivity index (χ1v) is 8.72. The number of urea groups is 1. The second-order valence-electron chi connectivity index (χ2n) is 6.11. The number of alkyl halides is 6. The highest BCUT2D eigenvalue weighted by molar-refractivity contribution is 5.96. The zero-order chi connectivity index (χ0) is 23.3. The fourth-order valence-electron chi connectivity index (χ4n) is 2.44. The molecule has 2 rings (SSSR count). The van der Waals surface area contributed by atoms with Crippen molar-refractivity contribution in [2.75, 3.05) is 17.2 Å². The third kappa shape index (κ3) is 5.80. The molecule has 3 N–H and O–H groups in total. The van der Waals surface area contributed by atoms with Crippen molar-refractivity contribution >= 4 is 23.4 Å². The number of benzene rings is 2. The number of carbonyl (C=O) groups is 2. The predicted octanol–water partition coefficient (Wildman–Crippen LogP) is 4.76. The molecule has 1 atom stereocenters. The van der Waals surface area contributed by atoms with Crippen LogP contribution in [0.2, 0.25) is 0 Å². The van der Waals surface area contributed by atoms with Crippen LogP contribution < -0.4 is 16.0 Å². The second-order valence-corrected chi connectivity index (χ2v) is 6.11. The summed E-state index contributed by atoms with van der Waals surface area (Å²) in [5.41, 5.74) is -5.27. The van der Waals surface area contributed by atoms with Crippen LogP contribution in [-0.2, 0) is 15.7 Å². The van der Waals surface area contributed by atoms with E-state index in [1.165, 1.54) is 36.5 Å². The fraction of sp³-hybridized carbons (Fsp3) is 0.263. The van der Waals surface area contributed by atoms with Crippen molar-refractivity contribution in [3.8, 4) is 0 Å². The van der Waals surface area contributed by atoms with Crippen LogP contribution in [0.15, 0.2) is 54.6 Å². The van der Waals surface area contributed by atoms with E-state index in [9.17, 15) is 35.9 Å². The Hall–Kier alpha value is -3.44. The summed E-state index contributed by atoms with van der Waals surface area (Å²) >= 11 is 0. The Morgan fingerprint density at radius 1 is 0.871 bits per heavy atom.